The van der Waals surface area contributed by atoms with Crippen molar-refractivity contribution in [1.82, 2.24) is 4.90 Å². The highest BCUT2D eigenvalue weighted by Crippen LogP contribution is 2.20. The molecule has 6 heteroatoms. The van der Waals surface area contributed by atoms with Crippen molar-refractivity contribution < 1.29 is 19.1 Å². The molecule has 1 fully saturated rings. The first-order chi connectivity index (χ1) is 14.0. The number of likely N-dealkylation sites (tertiary alicyclic amines) is 1. The molecule has 0 saturated carbocycles. The molecule has 2 aromatic rings. The number of carbonyl (C=O) groups is 2. The van der Waals surface area contributed by atoms with Crippen LogP contribution in [0.3, 0.4) is 0 Å². The van der Waals surface area contributed by atoms with Crippen LogP contribution in [0, 0.1) is 19.8 Å². The Labute approximate surface area is 171 Å². The van der Waals surface area contributed by atoms with Gasteiger partial charge in [0.25, 0.3) is 0 Å². The van der Waals surface area contributed by atoms with E-state index in [-0.39, 0.29) is 24.5 Å². The number of ether oxygens (including phenoxy) is 2. The van der Waals surface area contributed by atoms with Crippen molar-refractivity contribution in [2.45, 2.75) is 26.7 Å². The molecule has 2 aromatic carbocycles. The van der Waals surface area contributed by atoms with Crippen LogP contribution in [-0.4, -0.2) is 43.2 Å². The third kappa shape index (κ3) is 6.24. The molecular formula is C23H28N2O4. The van der Waals surface area contributed by atoms with E-state index in [0.29, 0.717) is 32.5 Å². The first-order valence-corrected chi connectivity index (χ1v) is 10.00. The molecule has 0 atom stereocenters. The van der Waals surface area contributed by atoms with E-state index >= 15 is 0 Å². The van der Waals surface area contributed by atoms with E-state index < -0.39 is 0 Å². The van der Waals surface area contributed by atoms with Crippen molar-refractivity contribution in [1.29, 1.82) is 0 Å². The van der Waals surface area contributed by atoms with Gasteiger partial charge < -0.3 is 19.7 Å². The number of anilines is 1. The van der Waals surface area contributed by atoms with Crippen LogP contribution >= 0.6 is 0 Å². The number of hydrogen-bond donors (Lipinski definition) is 1. The molecule has 29 heavy (non-hydrogen) atoms. The van der Waals surface area contributed by atoms with Gasteiger partial charge in [0.2, 0.25) is 0 Å². The molecule has 1 aliphatic heterocycles. The Morgan fingerprint density at radius 1 is 1.00 bits per heavy atom. The molecule has 0 radical (unpaired) electrons. The minimum absolute atomic E-state index is 0.134. The zero-order valence-corrected chi connectivity index (χ0v) is 17.0. The average molecular weight is 396 g/mol. The van der Waals surface area contributed by atoms with Crippen LogP contribution < -0.4 is 10.1 Å². The first-order valence-electron chi connectivity index (χ1n) is 10.00. The van der Waals surface area contributed by atoms with Crippen molar-refractivity contribution in [3.63, 3.8) is 0 Å². The second-order valence-electron chi connectivity index (χ2n) is 7.40. The fourth-order valence-electron chi connectivity index (χ4n) is 3.48. The van der Waals surface area contributed by atoms with Crippen LogP contribution in [0.4, 0.5) is 10.5 Å². The highest BCUT2D eigenvalue weighted by atomic mass is 16.6. The molecule has 3 rings (SSSR count). The smallest absolute Gasteiger partial charge is 0.321 e. The number of amides is 2. The maximum Gasteiger partial charge on any atom is 0.321 e. The van der Waals surface area contributed by atoms with E-state index in [1.54, 1.807) is 4.90 Å². The van der Waals surface area contributed by atoms with Crippen molar-refractivity contribution in [3.8, 4) is 5.75 Å². The number of rotatable bonds is 6. The number of carbonyl (C=O) groups excluding carboxylic acids is 2. The molecule has 6 nitrogen and oxygen atoms in total. The topological polar surface area (TPSA) is 67.9 Å². The highest BCUT2D eigenvalue weighted by Gasteiger charge is 2.28. The Hall–Kier alpha value is -3.02. The molecular weight excluding hydrogens is 368 g/mol. The fraction of sp³-hybridized carbons (Fsp3) is 0.391. The summed E-state index contributed by atoms with van der Waals surface area (Å²) in [7, 11) is 0. The minimum Gasteiger partial charge on any atom is -0.490 e. The van der Waals surface area contributed by atoms with Gasteiger partial charge in [-0.1, -0.05) is 24.3 Å². The SMILES string of the molecule is Cc1cc(C)cc(OCCOC(=O)C2CCN(C(=O)Nc3ccccc3)CC2)c1. The van der Waals surface area contributed by atoms with Gasteiger partial charge in [-0.3, -0.25) is 4.79 Å². The minimum atomic E-state index is -0.211. The highest BCUT2D eigenvalue weighted by molar-refractivity contribution is 5.89. The van der Waals surface area contributed by atoms with Gasteiger partial charge in [-0.05, 0) is 62.1 Å². The number of hydrogen-bond acceptors (Lipinski definition) is 4. The van der Waals surface area contributed by atoms with E-state index in [9.17, 15) is 9.59 Å². The van der Waals surface area contributed by atoms with Crippen LogP contribution in [0.15, 0.2) is 48.5 Å². The Morgan fingerprint density at radius 3 is 2.31 bits per heavy atom. The lowest BCUT2D eigenvalue weighted by Crippen LogP contribution is -2.42. The van der Waals surface area contributed by atoms with Crippen LogP contribution in [0.2, 0.25) is 0 Å². The van der Waals surface area contributed by atoms with Gasteiger partial charge in [0, 0.05) is 18.8 Å². The molecule has 0 bridgehead atoms. The number of piperidine rings is 1. The number of nitrogens with one attached hydrogen (secondary N) is 1. The van der Waals surface area contributed by atoms with Crippen LogP contribution in [0.5, 0.6) is 5.75 Å². The number of benzene rings is 2. The molecule has 1 saturated heterocycles. The number of nitrogens with zero attached hydrogens (tertiary/aromatic N) is 1. The summed E-state index contributed by atoms with van der Waals surface area (Å²) in [4.78, 5) is 26.3. The van der Waals surface area contributed by atoms with Crippen LogP contribution in [-0.2, 0) is 9.53 Å². The summed E-state index contributed by atoms with van der Waals surface area (Å²) in [6.45, 7) is 5.67. The molecule has 0 spiro atoms. The van der Waals surface area contributed by atoms with E-state index in [1.165, 1.54) is 0 Å². The number of esters is 1. The normalized spacial score (nSPS) is 14.3. The lowest BCUT2D eigenvalue weighted by Gasteiger charge is -2.31. The zero-order valence-electron chi connectivity index (χ0n) is 17.0. The predicted molar refractivity (Wildman–Crippen MR) is 112 cm³/mol. The predicted octanol–water partition coefficient (Wildman–Crippen LogP) is 4.17. The van der Waals surface area contributed by atoms with Gasteiger partial charge in [-0.25, -0.2) is 4.79 Å². The maximum absolute atomic E-state index is 12.3. The Kier molecular flexibility index (Phi) is 7.11. The van der Waals surface area contributed by atoms with E-state index in [2.05, 4.69) is 11.4 Å². The summed E-state index contributed by atoms with van der Waals surface area (Å²) in [6.07, 6.45) is 1.22. The standard InChI is InChI=1S/C23H28N2O4/c1-17-14-18(2)16-21(15-17)28-12-13-29-22(26)19-8-10-25(11-9-19)23(27)24-20-6-4-3-5-7-20/h3-7,14-16,19H,8-13H2,1-2H3,(H,24,27). The van der Waals surface area contributed by atoms with E-state index in [1.807, 2.05) is 56.3 Å². The van der Waals surface area contributed by atoms with Gasteiger partial charge in [-0.2, -0.15) is 0 Å². The second kappa shape index (κ2) is 9.96. The Morgan fingerprint density at radius 2 is 1.66 bits per heavy atom. The molecule has 154 valence electrons. The van der Waals surface area contributed by atoms with Gasteiger partial charge in [0.15, 0.2) is 0 Å². The summed E-state index contributed by atoms with van der Waals surface area (Å²) >= 11 is 0. The van der Waals surface area contributed by atoms with Crippen molar-refractivity contribution in [3.05, 3.63) is 59.7 Å². The Balaban J connectivity index is 1.36. The Bertz CT molecular complexity index is 810. The summed E-state index contributed by atoms with van der Waals surface area (Å²) in [6, 6.07) is 15.2. The summed E-state index contributed by atoms with van der Waals surface area (Å²) in [5.41, 5.74) is 3.04. The quantitative estimate of drug-likeness (QED) is 0.588. The fourth-order valence-corrected chi connectivity index (χ4v) is 3.48. The number of para-hydroxylation sites is 1. The number of urea groups is 1. The van der Waals surface area contributed by atoms with Crippen molar-refractivity contribution >= 4 is 17.7 Å². The van der Waals surface area contributed by atoms with Gasteiger partial charge in [0.05, 0.1) is 5.92 Å². The molecule has 0 aliphatic carbocycles. The second-order valence-corrected chi connectivity index (χ2v) is 7.40. The van der Waals surface area contributed by atoms with Gasteiger partial charge in [0.1, 0.15) is 19.0 Å². The van der Waals surface area contributed by atoms with Gasteiger partial charge >= 0.3 is 12.0 Å². The summed E-state index contributed by atoms with van der Waals surface area (Å²) in [5, 5.41) is 2.88. The summed E-state index contributed by atoms with van der Waals surface area (Å²) < 4.78 is 11.0. The molecule has 2 amide bonds. The zero-order chi connectivity index (χ0) is 20.6. The molecule has 1 heterocycles. The monoisotopic (exact) mass is 396 g/mol. The molecule has 0 unspecified atom stereocenters. The summed E-state index contributed by atoms with van der Waals surface area (Å²) in [5.74, 6) is 0.408. The van der Waals surface area contributed by atoms with Crippen LogP contribution in [0.1, 0.15) is 24.0 Å². The van der Waals surface area contributed by atoms with E-state index in [0.717, 1.165) is 22.6 Å². The third-order valence-corrected chi connectivity index (χ3v) is 4.93. The maximum atomic E-state index is 12.3. The lowest BCUT2D eigenvalue weighted by atomic mass is 9.97. The lowest BCUT2D eigenvalue weighted by molar-refractivity contribution is -0.150. The molecule has 1 N–H and O–H groups in total. The third-order valence-electron chi connectivity index (χ3n) is 4.93. The van der Waals surface area contributed by atoms with Crippen molar-refractivity contribution in [2.24, 2.45) is 5.92 Å². The molecule has 0 aromatic heterocycles. The molecule has 1 aliphatic rings. The van der Waals surface area contributed by atoms with Crippen molar-refractivity contribution in [2.75, 3.05) is 31.6 Å². The largest absolute Gasteiger partial charge is 0.490 e. The van der Waals surface area contributed by atoms with Crippen LogP contribution in [0.25, 0.3) is 0 Å². The van der Waals surface area contributed by atoms with E-state index in [4.69, 9.17) is 9.47 Å². The number of aryl methyl sites for hydroxylation is 2. The average Bonchev–Trinajstić information content (AvgIpc) is 2.71. The van der Waals surface area contributed by atoms with Gasteiger partial charge in [-0.15, -0.1) is 0 Å². The first kappa shape index (κ1) is 20.7.